The summed E-state index contributed by atoms with van der Waals surface area (Å²) >= 11 is 38.9. The van der Waals surface area contributed by atoms with E-state index in [9.17, 15) is 14.4 Å². The number of rotatable bonds is 33. The van der Waals surface area contributed by atoms with E-state index in [-0.39, 0.29) is 35.0 Å². The molecule has 48 heteroatoms. The number of hydrogen-bond acceptors (Lipinski definition) is 33. The zero-order chi connectivity index (χ0) is 109. The van der Waals surface area contributed by atoms with Crippen LogP contribution in [0.5, 0.6) is 0 Å². The van der Waals surface area contributed by atoms with Gasteiger partial charge in [-0.1, -0.05) is 72.8 Å². The molecule has 0 unspecified atom stereocenters. The molecule has 12 aromatic heterocycles. The van der Waals surface area contributed by atoms with Gasteiger partial charge >= 0.3 is 67.1 Å². The minimum absolute atomic E-state index is 0.0125. The normalized spacial score (nSPS) is 10.6. The number of amides is 3. The third kappa shape index (κ3) is 35.4. The topological polar surface area (TPSA) is 355 Å². The van der Waals surface area contributed by atoms with Crippen LogP contribution in [-0.4, -0.2) is 282 Å². The molecule has 0 radical (unpaired) electrons. The molecule has 0 aliphatic rings. The molecule has 0 saturated carbocycles. The molecule has 12 heterocycles. The number of anilines is 9. The Morgan fingerprint density at radius 1 is 0.280 bits per heavy atom. The van der Waals surface area contributed by atoms with Crippen LogP contribution in [0.1, 0.15) is 0 Å². The number of halogens is 3. The van der Waals surface area contributed by atoms with Crippen LogP contribution in [0.25, 0.3) is 118 Å². The van der Waals surface area contributed by atoms with Crippen molar-refractivity contribution in [2.24, 2.45) is 0 Å². The Morgan fingerprint density at radius 2 is 0.587 bits per heavy atom. The van der Waals surface area contributed by atoms with Crippen molar-refractivity contribution in [2.75, 3.05) is 222 Å². The van der Waals surface area contributed by atoms with Gasteiger partial charge in [-0.25, -0.2) is 58.9 Å². The maximum absolute atomic E-state index is 11.3. The van der Waals surface area contributed by atoms with Crippen molar-refractivity contribution in [3.8, 4) is 67.5 Å². The predicted molar refractivity (Wildman–Crippen MR) is 626 cm³/mol. The molecule has 0 spiro atoms. The second kappa shape index (κ2) is 61.8. The Morgan fingerprint density at radius 3 is 0.960 bits per heavy atom. The number of nitrogens with zero attached hydrogens (tertiary/aromatic N) is 30. The molecular weight excluding hydrogens is 2610 g/mol. The van der Waals surface area contributed by atoms with Crippen molar-refractivity contribution in [1.29, 1.82) is 0 Å². The van der Waals surface area contributed by atoms with E-state index in [4.69, 9.17) is 86.3 Å². The van der Waals surface area contributed by atoms with Crippen LogP contribution in [0.3, 0.4) is 0 Å². The first-order valence-electron chi connectivity index (χ1n) is 46.0. The summed E-state index contributed by atoms with van der Waals surface area (Å²) in [6.07, 6.45) is 26.9. The number of carbonyl (C=O) groups excluding carboxylic acids is 3. The van der Waals surface area contributed by atoms with Crippen LogP contribution in [0.15, 0.2) is 257 Å². The van der Waals surface area contributed by atoms with Crippen molar-refractivity contribution < 1.29 is 81.5 Å². The van der Waals surface area contributed by atoms with Gasteiger partial charge < -0.3 is 159 Å². The Balaban J connectivity index is 0.000000184. The molecular formula is C102H108I3N30O6S6Tc3+3. The number of imidazole rings is 6. The number of benzene rings is 6. The van der Waals surface area contributed by atoms with E-state index in [1.807, 2.05) is 209 Å². The van der Waals surface area contributed by atoms with Crippen LogP contribution in [0.2, 0.25) is 0 Å². The predicted octanol–water partition coefficient (Wildman–Crippen LogP) is 15.6. The van der Waals surface area contributed by atoms with Crippen molar-refractivity contribution in [3.05, 3.63) is 284 Å². The molecule has 3 amide bonds. The van der Waals surface area contributed by atoms with E-state index in [0.29, 0.717) is 81.9 Å². The zero-order valence-corrected chi connectivity index (χ0v) is 101. The molecule has 6 aromatic carbocycles. The minimum atomic E-state index is -0.263. The molecule has 0 saturated heterocycles. The van der Waals surface area contributed by atoms with E-state index >= 15 is 0 Å². The first-order valence-corrected chi connectivity index (χ1v) is 55.0. The molecule has 18 aromatic rings. The monoisotopic (exact) mass is 2710 g/mol. The standard InChI is InChI=1S/3C20H26N6OS2.3C14H13IN4.3O.3Tc/c1-24(2)16-5-3-15(4-6-16)17-12-26-13-19(22-11-18(26)23-17)25(9-10-28)8-7-21-20(27)14-29;1-24(2)16-5-3-15(4-6-16)18-13-26-12-17(11-22-20(26)23-18)25(9-10-28)8-7-21-19(27)14-29;1-24(2)16-5-3-15(4-6-16)17-13-26-18(22-17)7-8-19(23-26)25(11-12-28)10-9-21-20(27)14-29;1-18(2)12-5-3-10(4-6-12)13-9-19-8-11(15)7-16-14(19)17-13;1-18(2)11-5-3-10(4-6-11)12-8-19-9-13(15)16-7-14(19)17-12;1-18(2)11-5-3-10(4-6-11)12-9-19-14(16-12)8-7-13(15)17-19;;;;;;/h2*3-6,11-13H,7-10,14H2,1-2H3,(H3,21,27,28,29);3-8,13H,9-12,14H2,1-2H3,(H3,21,27,28,29);3*3-9H,1-2H3;;;;;;/q;;;;;;;;;3*+4/p-9. The molecule has 0 N–H and O–H groups in total. The Labute approximate surface area is 977 Å². The average molecular weight is 2720 g/mol. The molecule has 777 valence electrons. The fourth-order valence-electron chi connectivity index (χ4n) is 14.5. The van der Waals surface area contributed by atoms with Crippen molar-refractivity contribution in [1.82, 2.24) is 86.7 Å². The quantitative estimate of drug-likeness (QED) is 0.0272. The summed E-state index contributed by atoms with van der Waals surface area (Å²) in [6, 6.07) is 57.6. The van der Waals surface area contributed by atoms with Crippen molar-refractivity contribution >= 4 is 247 Å². The van der Waals surface area contributed by atoms with Crippen molar-refractivity contribution in [2.45, 2.75) is 0 Å². The molecule has 0 fully saturated rings. The molecule has 0 atom stereocenters. The SMILES string of the molecule is CN(C)c1ccc(-c2cn3cc(I)cnc3n2)cc1.CN(C)c1ccc(-c2cn3cc(I)ncc3n2)cc1.CN(C)c1ccc(-c2cn3cc(N(CC[S-])CC[N-]C(=O)C[S-])cnc3n2)cc1.CN(C)c1ccc(-c2cn3cc(N(CC[S-])CC[N-]C(=O)C[S-])ncc3n2)cc1.CN(C)c1ccc(-c2cn3nc(I)ccc3n2)cc1.CN(C)c1ccc(-c2cn3nc(N(CC[S-])CC[N-]C(=O)C[S-])ccc3n2)cc1.[O]=[Tc+4].[O]=[Tc+4].[O]=[Tc+4]. The summed E-state index contributed by atoms with van der Waals surface area (Å²) in [4.78, 5) is 97.8. The number of aromatic nitrogens is 18. The second-order valence-electron chi connectivity index (χ2n) is 33.7. The summed E-state index contributed by atoms with van der Waals surface area (Å²) in [7, 11) is 24.3. The Kier molecular flexibility index (Phi) is 49.9. The van der Waals surface area contributed by atoms with Gasteiger partial charge in [-0.15, -0.1) is 42.0 Å². The summed E-state index contributed by atoms with van der Waals surface area (Å²) < 4.78 is 39.1. The van der Waals surface area contributed by atoms with Crippen LogP contribution in [-0.2, 0) is 157 Å². The van der Waals surface area contributed by atoms with Gasteiger partial charge in [0.05, 0.1) is 77.0 Å². The third-order valence-corrected chi connectivity index (χ3v) is 25.3. The Hall–Kier alpha value is -10.7. The molecule has 150 heavy (non-hydrogen) atoms. The number of hydrogen-bond donors (Lipinski definition) is 0. The molecule has 36 nitrogen and oxygen atoms in total. The third-order valence-electron chi connectivity index (χ3n) is 22.3. The second-order valence-corrected chi connectivity index (χ2v) is 39.2. The van der Waals surface area contributed by atoms with Gasteiger partial charge in [0.15, 0.2) is 22.6 Å². The summed E-state index contributed by atoms with van der Waals surface area (Å²) in [5.41, 5.74) is 23.0. The average Bonchev–Trinajstić information content (AvgIpc) is 1.68. The number of carbonyl (C=O) groups is 3. The van der Waals surface area contributed by atoms with Gasteiger partial charge in [-0.3, -0.25) is 8.80 Å². The van der Waals surface area contributed by atoms with Crippen LogP contribution >= 0.6 is 67.8 Å². The van der Waals surface area contributed by atoms with E-state index in [1.165, 1.54) is 17.1 Å². The Bertz CT molecular complexity index is 6650. The van der Waals surface area contributed by atoms with Crippen LogP contribution < -0.4 is 44.1 Å². The summed E-state index contributed by atoms with van der Waals surface area (Å²) in [5, 5.41) is 20.9. The zero-order valence-electron chi connectivity index (χ0n) is 83.9. The van der Waals surface area contributed by atoms with E-state index in [2.05, 4.69) is 324 Å². The summed E-state index contributed by atoms with van der Waals surface area (Å²) in [5.74, 6) is 3.85. The van der Waals surface area contributed by atoms with E-state index in [1.54, 1.807) is 23.1 Å². The first kappa shape index (κ1) is 121. The van der Waals surface area contributed by atoms with Gasteiger partial charge in [0.2, 0.25) is 11.6 Å². The molecule has 18 rings (SSSR count). The van der Waals surface area contributed by atoms with E-state index in [0.717, 1.165) is 198 Å². The van der Waals surface area contributed by atoms with Crippen molar-refractivity contribution in [3.63, 3.8) is 0 Å². The number of fused-ring (bicyclic) bond motifs is 6. The van der Waals surface area contributed by atoms with Gasteiger partial charge in [0.25, 0.3) is 0 Å². The molecule has 0 aliphatic carbocycles. The molecule has 0 bridgehead atoms. The molecule has 0 aliphatic heterocycles. The fourth-order valence-corrected chi connectivity index (χ4v) is 16.8. The van der Waals surface area contributed by atoms with Gasteiger partial charge in [-0.2, -0.15) is 22.4 Å². The summed E-state index contributed by atoms with van der Waals surface area (Å²) in [6.45, 7) is 4.81. The first-order chi connectivity index (χ1) is 72.4. The maximum atomic E-state index is 11.3. The van der Waals surface area contributed by atoms with Gasteiger partial charge in [0, 0.05) is 243 Å². The van der Waals surface area contributed by atoms with E-state index < -0.39 is 0 Å². The van der Waals surface area contributed by atoms with Gasteiger partial charge in [-0.05, 0) is 184 Å². The van der Waals surface area contributed by atoms with Gasteiger partial charge in [0.1, 0.15) is 19.0 Å². The van der Waals surface area contributed by atoms with Crippen LogP contribution in [0, 0.1) is 11.0 Å². The van der Waals surface area contributed by atoms with Crippen LogP contribution in [0.4, 0.5) is 51.4 Å². The fraction of sp³-hybridized carbons (Fsp3) is 0.265.